The van der Waals surface area contributed by atoms with Gasteiger partial charge in [0.15, 0.2) is 6.54 Å². The van der Waals surface area contributed by atoms with Gasteiger partial charge in [-0.3, -0.25) is 14.5 Å². The number of benzene rings is 2. The van der Waals surface area contributed by atoms with Gasteiger partial charge in [-0.05, 0) is 115 Å². The lowest BCUT2D eigenvalue weighted by atomic mass is 10.1. The van der Waals surface area contributed by atoms with Crippen LogP contribution in [-0.2, 0) is 9.59 Å². The molecule has 2 rings (SSSR count). The van der Waals surface area contributed by atoms with E-state index in [9.17, 15) is 9.59 Å². The van der Waals surface area contributed by atoms with E-state index in [0.717, 1.165) is 95.8 Å². The molecule has 0 aliphatic carbocycles. The molecule has 2 aromatic carbocycles. The number of hydrogen-bond acceptors (Lipinski definition) is 4. The SMILES string of the molecule is CCN(CCCCCOc1cc(C)c(NC(=O)C[N+](CC)(CC)CC)c(C)c1)CC(=O)Nc1c(C)cccc1C. The van der Waals surface area contributed by atoms with Crippen molar-refractivity contribution in [3.05, 3.63) is 52.6 Å². The Kier molecular flexibility index (Phi) is 13.6. The first kappa shape index (κ1) is 33.3. The molecular formula is C33H53N4O3+. The number of amides is 2. The van der Waals surface area contributed by atoms with Crippen LogP contribution in [0.1, 0.15) is 69.2 Å². The number of para-hydroxylation sites is 1. The van der Waals surface area contributed by atoms with E-state index in [1.807, 2.05) is 58.0 Å². The van der Waals surface area contributed by atoms with E-state index in [1.54, 1.807) is 0 Å². The molecular weight excluding hydrogens is 500 g/mol. The molecule has 0 radical (unpaired) electrons. The van der Waals surface area contributed by atoms with E-state index in [4.69, 9.17) is 4.74 Å². The van der Waals surface area contributed by atoms with E-state index in [0.29, 0.717) is 19.7 Å². The van der Waals surface area contributed by atoms with Crippen molar-refractivity contribution in [2.45, 2.75) is 74.7 Å². The number of carbonyl (C=O) groups excluding carboxylic acids is 2. The van der Waals surface area contributed by atoms with Crippen LogP contribution in [0.3, 0.4) is 0 Å². The van der Waals surface area contributed by atoms with Gasteiger partial charge in [0.25, 0.3) is 5.91 Å². The minimum atomic E-state index is 0.0347. The molecule has 0 saturated heterocycles. The summed E-state index contributed by atoms with van der Waals surface area (Å²) in [6.45, 7) is 22.7. The number of ether oxygens (including phenoxy) is 1. The zero-order valence-electron chi connectivity index (χ0n) is 26.3. The van der Waals surface area contributed by atoms with Crippen molar-refractivity contribution in [2.75, 3.05) is 63.1 Å². The molecule has 2 aromatic rings. The number of unbranched alkanes of at least 4 members (excludes halogenated alkanes) is 2. The van der Waals surface area contributed by atoms with Gasteiger partial charge in [0, 0.05) is 11.4 Å². The fraction of sp³-hybridized carbons (Fsp3) is 0.576. The van der Waals surface area contributed by atoms with E-state index < -0.39 is 0 Å². The molecule has 0 heterocycles. The van der Waals surface area contributed by atoms with Crippen LogP contribution < -0.4 is 15.4 Å². The first-order valence-electron chi connectivity index (χ1n) is 15.0. The van der Waals surface area contributed by atoms with Gasteiger partial charge in [0.2, 0.25) is 5.91 Å². The number of likely N-dealkylation sites (N-methyl/N-ethyl adjacent to an activating group) is 2. The van der Waals surface area contributed by atoms with Crippen molar-refractivity contribution in [3.8, 4) is 5.75 Å². The highest BCUT2D eigenvalue weighted by Crippen LogP contribution is 2.27. The predicted molar refractivity (Wildman–Crippen MR) is 167 cm³/mol. The summed E-state index contributed by atoms with van der Waals surface area (Å²) in [5, 5.41) is 6.24. The molecule has 0 fully saturated rings. The van der Waals surface area contributed by atoms with Crippen LogP contribution in [0.2, 0.25) is 0 Å². The van der Waals surface area contributed by atoms with Crippen molar-refractivity contribution in [3.63, 3.8) is 0 Å². The van der Waals surface area contributed by atoms with Gasteiger partial charge < -0.3 is 19.9 Å². The molecule has 0 aliphatic heterocycles. The Morgan fingerprint density at radius 3 is 1.88 bits per heavy atom. The highest BCUT2D eigenvalue weighted by atomic mass is 16.5. The number of carbonyl (C=O) groups is 2. The minimum Gasteiger partial charge on any atom is -0.494 e. The van der Waals surface area contributed by atoms with Crippen molar-refractivity contribution in [1.82, 2.24) is 4.90 Å². The summed E-state index contributed by atoms with van der Waals surface area (Å²) >= 11 is 0. The molecule has 2 N–H and O–H groups in total. The van der Waals surface area contributed by atoms with E-state index in [-0.39, 0.29) is 11.8 Å². The van der Waals surface area contributed by atoms with E-state index in [1.165, 1.54) is 0 Å². The number of quaternary nitrogens is 1. The quantitative estimate of drug-likeness (QED) is 0.180. The fourth-order valence-corrected chi connectivity index (χ4v) is 5.24. The van der Waals surface area contributed by atoms with Gasteiger partial charge >= 0.3 is 0 Å². The Balaban J connectivity index is 1.76. The lowest BCUT2D eigenvalue weighted by Crippen LogP contribution is -2.52. The highest BCUT2D eigenvalue weighted by molar-refractivity contribution is 5.94. The molecule has 0 aromatic heterocycles. The summed E-state index contributed by atoms with van der Waals surface area (Å²) in [5.41, 5.74) is 6.02. The third-order valence-electron chi connectivity index (χ3n) is 8.21. The second-order valence-corrected chi connectivity index (χ2v) is 11.0. The Morgan fingerprint density at radius 1 is 0.775 bits per heavy atom. The topological polar surface area (TPSA) is 70.7 Å². The van der Waals surface area contributed by atoms with Crippen LogP contribution in [-0.4, -0.2) is 73.6 Å². The normalized spacial score (nSPS) is 11.5. The lowest BCUT2D eigenvalue weighted by Gasteiger charge is -2.35. The number of nitrogens with zero attached hydrogens (tertiary/aromatic N) is 2. The zero-order chi connectivity index (χ0) is 29.7. The average Bonchev–Trinajstić information content (AvgIpc) is 2.92. The van der Waals surface area contributed by atoms with Gasteiger partial charge in [-0.1, -0.05) is 25.1 Å². The summed E-state index contributed by atoms with van der Waals surface area (Å²) < 4.78 is 6.85. The maximum atomic E-state index is 12.8. The zero-order valence-corrected chi connectivity index (χ0v) is 26.3. The summed E-state index contributed by atoms with van der Waals surface area (Å²) in [7, 11) is 0. The third-order valence-corrected chi connectivity index (χ3v) is 8.21. The second-order valence-electron chi connectivity index (χ2n) is 11.0. The molecule has 0 saturated carbocycles. The molecule has 0 bridgehead atoms. The van der Waals surface area contributed by atoms with Crippen LogP contribution in [0, 0.1) is 27.7 Å². The van der Waals surface area contributed by atoms with E-state index >= 15 is 0 Å². The maximum Gasteiger partial charge on any atom is 0.279 e. The van der Waals surface area contributed by atoms with E-state index in [2.05, 4.69) is 43.2 Å². The molecule has 0 aliphatic rings. The first-order chi connectivity index (χ1) is 19.1. The monoisotopic (exact) mass is 553 g/mol. The minimum absolute atomic E-state index is 0.0347. The molecule has 2 amide bonds. The number of nitrogens with one attached hydrogen (secondary N) is 2. The fourth-order valence-electron chi connectivity index (χ4n) is 5.24. The van der Waals surface area contributed by atoms with Crippen LogP contribution >= 0.6 is 0 Å². The molecule has 0 spiro atoms. The lowest BCUT2D eigenvalue weighted by molar-refractivity contribution is -0.915. The summed E-state index contributed by atoms with van der Waals surface area (Å²) in [5.74, 6) is 0.939. The number of aryl methyl sites for hydroxylation is 4. The summed E-state index contributed by atoms with van der Waals surface area (Å²) in [4.78, 5) is 27.6. The highest BCUT2D eigenvalue weighted by Gasteiger charge is 2.25. The molecule has 40 heavy (non-hydrogen) atoms. The molecule has 0 atom stereocenters. The molecule has 7 nitrogen and oxygen atoms in total. The van der Waals surface area contributed by atoms with Crippen LogP contribution in [0.4, 0.5) is 11.4 Å². The maximum absolute atomic E-state index is 12.8. The summed E-state index contributed by atoms with van der Waals surface area (Å²) in [6, 6.07) is 10.1. The Bertz CT molecular complexity index is 1060. The largest absolute Gasteiger partial charge is 0.494 e. The number of anilines is 2. The Morgan fingerprint density at radius 2 is 1.32 bits per heavy atom. The Hall–Kier alpha value is -2.90. The summed E-state index contributed by atoms with van der Waals surface area (Å²) in [6.07, 6.45) is 3.01. The molecule has 7 heteroatoms. The van der Waals surface area contributed by atoms with Crippen LogP contribution in [0.15, 0.2) is 30.3 Å². The van der Waals surface area contributed by atoms with Gasteiger partial charge in [0.1, 0.15) is 5.75 Å². The van der Waals surface area contributed by atoms with Gasteiger partial charge in [-0.2, -0.15) is 0 Å². The van der Waals surface area contributed by atoms with Crippen molar-refractivity contribution >= 4 is 23.2 Å². The van der Waals surface area contributed by atoms with Crippen LogP contribution in [0.5, 0.6) is 5.75 Å². The van der Waals surface area contributed by atoms with Gasteiger partial charge in [-0.15, -0.1) is 0 Å². The van der Waals surface area contributed by atoms with Gasteiger partial charge in [0.05, 0.1) is 32.8 Å². The predicted octanol–water partition coefficient (Wildman–Crippen LogP) is 6.24. The average molecular weight is 554 g/mol. The number of rotatable bonds is 17. The van der Waals surface area contributed by atoms with Crippen molar-refractivity contribution in [2.24, 2.45) is 0 Å². The van der Waals surface area contributed by atoms with Crippen LogP contribution in [0.25, 0.3) is 0 Å². The number of hydrogen-bond donors (Lipinski definition) is 2. The van der Waals surface area contributed by atoms with Gasteiger partial charge in [-0.25, -0.2) is 0 Å². The van der Waals surface area contributed by atoms with Crippen molar-refractivity contribution < 1.29 is 18.8 Å². The first-order valence-corrected chi connectivity index (χ1v) is 15.0. The Labute approximate surface area is 242 Å². The third kappa shape index (κ3) is 9.93. The molecule has 0 unspecified atom stereocenters. The smallest absolute Gasteiger partial charge is 0.279 e. The second kappa shape index (κ2) is 16.4. The molecule has 222 valence electrons. The van der Waals surface area contributed by atoms with Crippen molar-refractivity contribution in [1.29, 1.82) is 0 Å². The standard InChI is InChI=1S/C33H52N4O3/c1-9-36(23-30(38)34-32-25(5)17-16-18-26(32)6)19-14-13-15-20-40-29-21-27(7)33(28(8)22-29)35-31(39)24-37(10-2,11-3)12-4/h16-18,21-22H,9-15,19-20,23-24H2,1-8H3,(H-,34,35,38,39)/p+1.